The topological polar surface area (TPSA) is 123 Å². The summed E-state index contributed by atoms with van der Waals surface area (Å²) in [4.78, 5) is 12.3. The fraction of sp³-hybridized carbons (Fsp3) is 0.0800. The summed E-state index contributed by atoms with van der Waals surface area (Å²) in [5.41, 5.74) is 9.64. The summed E-state index contributed by atoms with van der Waals surface area (Å²) in [5, 5.41) is 11.2. The van der Waals surface area contributed by atoms with Gasteiger partial charge in [-0.3, -0.25) is 14.8 Å². The molecule has 0 spiro atoms. The summed E-state index contributed by atoms with van der Waals surface area (Å²) in [6.07, 6.45) is -4.49. The van der Waals surface area contributed by atoms with Crippen LogP contribution >= 0.6 is 23.2 Å². The van der Waals surface area contributed by atoms with Crippen molar-refractivity contribution >= 4 is 35.1 Å². The molecule has 0 radical (unpaired) electrons. The molecule has 0 saturated heterocycles. The van der Waals surface area contributed by atoms with Crippen LogP contribution in [0, 0.1) is 0 Å². The fourth-order valence-electron chi connectivity index (χ4n) is 3.69. The van der Waals surface area contributed by atoms with Gasteiger partial charge in [-0.05, 0) is 54.1 Å². The summed E-state index contributed by atoms with van der Waals surface area (Å²) in [6.45, 7) is 0.237. The van der Waals surface area contributed by atoms with Crippen molar-refractivity contribution in [3.8, 4) is 22.5 Å². The van der Waals surface area contributed by atoms with Gasteiger partial charge in [0.05, 0.1) is 23.5 Å². The number of rotatable bonds is 6. The van der Waals surface area contributed by atoms with Crippen molar-refractivity contribution in [2.45, 2.75) is 12.7 Å². The monoisotopic (exact) mass is 561 g/mol. The van der Waals surface area contributed by atoms with Crippen LogP contribution in [0.15, 0.2) is 77.9 Å². The summed E-state index contributed by atoms with van der Waals surface area (Å²) < 4.78 is 41.5. The van der Waals surface area contributed by atoms with Crippen molar-refractivity contribution in [3.05, 3.63) is 99.5 Å². The molecule has 0 aliphatic carbocycles. The molecule has 0 bridgehead atoms. The van der Waals surface area contributed by atoms with Crippen molar-refractivity contribution in [1.29, 1.82) is 0 Å². The predicted molar refractivity (Wildman–Crippen MR) is 140 cm³/mol. The Morgan fingerprint density at radius 2 is 1.66 bits per heavy atom. The Hall–Kier alpha value is -4.06. The standard InChI is InChI=1S/C25H20Cl2F3N7O/c26-19-9-17(10-20(27)11-19)22-12-21(16-2-1-3-18(8-16)25(28,29)30)35-37(22)13-14-4-6-15(7-5-14)23(38)33-24(31)34-36-32/h1-12,36H,13,32H2,(H3,31,33,34,38). The number of hydrazine groups is 1. The molecule has 6 N–H and O–H groups in total. The van der Waals surface area contributed by atoms with Crippen LogP contribution in [0.5, 0.6) is 0 Å². The van der Waals surface area contributed by atoms with Gasteiger partial charge < -0.3 is 5.73 Å². The second-order valence-corrected chi connectivity index (χ2v) is 8.96. The van der Waals surface area contributed by atoms with Crippen LogP contribution in [0.1, 0.15) is 21.5 Å². The highest BCUT2D eigenvalue weighted by atomic mass is 35.5. The molecule has 0 aliphatic heterocycles. The number of hydrogen-bond acceptors (Lipinski definition) is 5. The zero-order chi connectivity index (χ0) is 27.4. The molecule has 4 rings (SSSR count). The Morgan fingerprint density at radius 3 is 2.29 bits per heavy atom. The first-order valence-corrected chi connectivity index (χ1v) is 11.7. The van der Waals surface area contributed by atoms with Gasteiger partial charge in [0.2, 0.25) is 5.96 Å². The largest absolute Gasteiger partial charge is 0.416 e. The number of aromatic nitrogens is 2. The van der Waals surface area contributed by atoms with Gasteiger partial charge in [0.1, 0.15) is 0 Å². The highest BCUT2D eigenvalue weighted by Gasteiger charge is 2.30. The third-order valence-electron chi connectivity index (χ3n) is 5.40. The average Bonchev–Trinajstić information content (AvgIpc) is 3.27. The second kappa shape index (κ2) is 11.1. The maximum absolute atomic E-state index is 13.3. The van der Waals surface area contributed by atoms with E-state index in [4.69, 9.17) is 34.8 Å². The number of hydrazone groups is 1. The maximum Gasteiger partial charge on any atom is 0.416 e. The molecule has 13 heteroatoms. The predicted octanol–water partition coefficient (Wildman–Crippen LogP) is 5.01. The minimum Gasteiger partial charge on any atom is -0.368 e. The summed E-state index contributed by atoms with van der Waals surface area (Å²) in [6, 6.07) is 18.1. The second-order valence-electron chi connectivity index (χ2n) is 8.09. The van der Waals surface area contributed by atoms with Gasteiger partial charge in [-0.1, -0.05) is 47.5 Å². The summed E-state index contributed by atoms with van der Waals surface area (Å²) in [7, 11) is 0. The van der Waals surface area contributed by atoms with Crippen molar-refractivity contribution in [1.82, 2.24) is 20.6 Å². The molecule has 0 aliphatic rings. The highest BCUT2D eigenvalue weighted by Crippen LogP contribution is 2.34. The Bertz CT molecular complexity index is 1480. The van der Waals surface area contributed by atoms with Crippen LogP contribution in [-0.4, -0.2) is 21.6 Å². The molecular formula is C25H20Cl2F3N7O. The van der Waals surface area contributed by atoms with Crippen LogP contribution in [0.25, 0.3) is 22.5 Å². The molecule has 1 heterocycles. The highest BCUT2D eigenvalue weighted by molar-refractivity contribution is 6.35. The molecule has 3 aromatic carbocycles. The Kier molecular flexibility index (Phi) is 7.91. The number of benzene rings is 3. The molecule has 1 amide bonds. The van der Waals surface area contributed by atoms with Gasteiger partial charge in [0.15, 0.2) is 0 Å². The number of carbonyl (C=O) groups is 1. The molecule has 196 valence electrons. The molecule has 8 nitrogen and oxygen atoms in total. The molecule has 38 heavy (non-hydrogen) atoms. The van der Waals surface area contributed by atoms with Crippen molar-refractivity contribution in [3.63, 3.8) is 0 Å². The van der Waals surface area contributed by atoms with Gasteiger partial charge in [-0.15, -0.1) is 5.10 Å². The van der Waals surface area contributed by atoms with E-state index in [9.17, 15) is 18.0 Å². The van der Waals surface area contributed by atoms with E-state index in [2.05, 4.69) is 15.5 Å². The lowest BCUT2D eigenvalue weighted by Gasteiger charge is -2.10. The van der Waals surface area contributed by atoms with Crippen LogP contribution in [0.4, 0.5) is 13.2 Å². The van der Waals surface area contributed by atoms with E-state index >= 15 is 0 Å². The van der Waals surface area contributed by atoms with E-state index in [1.807, 2.05) is 5.53 Å². The number of nitrogens with one attached hydrogen (secondary N) is 2. The molecular weight excluding hydrogens is 542 g/mol. The number of alkyl halides is 3. The summed E-state index contributed by atoms with van der Waals surface area (Å²) >= 11 is 12.4. The molecule has 4 aromatic rings. The SMILES string of the molecule is NN/N=C(\N)NC(=O)c1ccc(Cn2nc(-c3cccc(C(F)(F)F)c3)cc2-c2cc(Cl)cc(Cl)c2)cc1. The fourth-order valence-corrected chi connectivity index (χ4v) is 4.21. The quantitative estimate of drug-likeness (QED) is 0.114. The Labute approximate surface area is 225 Å². The normalized spacial score (nSPS) is 11.9. The van der Waals surface area contributed by atoms with E-state index in [1.54, 1.807) is 59.3 Å². The number of nitrogens with zero attached hydrogens (tertiary/aromatic N) is 3. The Morgan fingerprint density at radius 1 is 0.974 bits per heavy atom. The number of nitrogens with two attached hydrogens (primary N) is 2. The van der Waals surface area contributed by atoms with Crippen LogP contribution < -0.4 is 22.4 Å². The van der Waals surface area contributed by atoms with Crippen molar-refractivity contribution < 1.29 is 18.0 Å². The Balaban J connectivity index is 1.70. The van der Waals surface area contributed by atoms with Crippen molar-refractivity contribution in [2.24, 2.45) is 16.7 Å². The van der Waals surface area contributed by atoms with Gasteiger partial charge in [-0.25, -0.2) is 11.4 Å². The van der Waals surface area contributed by atoms with Crippen LogP contribution in [-0.2, 0) is 12.7 Å². The lowest BCUT2D eigenvalue weighted by Crippen LogP contribution is -2.39. The third kappa shape index (κ3) is 6.43. The van der Waals surface area contributed by atoms with Gasteiger partial charge in [0, 0.05) is 26.7 Å². The lowest BCUT2D eigenvalue weighted by atomic mass is 10.1. The molecule has 1 aromatic heterocycles. The van der Waals surface area contributed by atoms with E-state index in [0.717, 1.165) is 17.7 Å². The van der Waals surface area contributed by atoms with Gasteiger partial charge in [0.25, 0.3) is 5.91 Å². The minimum absolute atomic E-state index is 0.204. The zero-order valence-electron chi connectivity index (χ0n) is 19.4. The first-order valence-electron chi connectivity index (χ1n) is 10.9. The summed E-state index contributed by atoms with van der Waals surface area (Å²) in [5.74, 6) is 4.34. The number of halogens is 5. The number of hydrogen-bond donors (Lipinski definition) is 4. The molecule has 0 unspecified atom stereocenters. The first-order chi connectivity index (χ1) is 18.0. The molecule has 0 atom stereocenters. The number of amides is 1. The van der Waals surface area contributed by atoms with Crippen molar-refractivity contribution in [2.75, 3.05) is 0 Å². The van der Waals surface area contributed by atoms with Crippen LogP contribution in [0.2, 0.25) is 10.0 Å². The molecule has 0 fully saturated rings. The van der Waals surface area contributed by atoms with E-state index < -0.39 is 17.6 Å². The van der Waals surface area contributed by atoms with Gasteiger partial charge in [-0.2, -0.15) is 18.3 Å². The average molecular weight is 562 g/mol. The van der Waals surface area contributed by atoms with Crippen LogP contribution in [0.3, 0.4) is 0 Å². The lowest BCUT2D eigenvalue weighted by molar-refractivity contribution is -0.137. The maximum atomic E-state index is 13.3. The molecule has 0 saturated carbocycles. The van der Waals surface area contributed by atoms with E-state index in [0.29, 0.717) is 38.1 Å². The third-order valence-corrected chi connectivity index (χ3v) is 5.84. The number of carbonyl (C=O) groups excluding carboxylic acids is 1. The van der Waals surface area contributed by atoms with E-state index in [1.165, 1.54) is 6.07 Å². The van der Waals surface area contributed by atoms with Gasteiger partial charge >= 0.3 is 6.18 Å². The zero-order valence-corrected chi connectivity index (χ0v) is 20.9. The number of guanidine groups is 1. The van der Waals surface area contributed by atoms with E-state index in [-0.39, 0.29) is 12.5 Å². The first kappa shape index (κ1) is 27.0. The minimum atomic E-state index is -4.49. The smallest absolute Gasteiger partial charge is 0.368 e.